The second kappa shape index (κ2) is 11.4. The van der Waals surface area contributed by atoms with Gasteiger partial charge in [-0.15, -0.1) is 0 Å². The Balaban J connectivity index is 1.67. The molecule has 0 saturated heterocycles. The van der Waals surface area contributed by atoms with Crippen LogP contribution in [0.25, 0.3) is 0 Å². The monoisotopic (exact) mass is 384 g/mol. The maximum absolute atomic E-state index is 11.9. The van der Waals surface area contributed by atoms with Gasteiger partial charge in [0.25, 0.3) is 11.8 Å². The summed E-state index contributed by atoms with van der Waals surface area (Å²) in [5.74, 6) is -0.419. The minimum absolute atomic E-state index is 0.160. The number of carbonyl (C=O) groups excluding carboxylic acids is 3. The van der Waals surface area contributed by atoms with Gasteiger partial charge in [-0.2, -0.15) is 0 Å². The number of benzene rings is 2. The van der Waals surface area contributed by atoms with E-state index in [1.54, 1.807) is 24.3 Å². The number of amides is 2. The Morgan fingerprint density at radius 2 is 1.79 bits per heavy atom. The minimum atomic E-state index is -0.470. The summed E-state index contributed by atoms with van der Waals surface area (Å²) < 4.78 is 10.4. The van der Waals surface area contributed by atoms with Gasteiger partial charge in [0.05, 0.1) is 6.61 Å². The van der Waals surface area contributed by atoms with Crippen LogP contribution in [0.2, 0.25) is 0 Å². The van der Waals surface area contributed by atoms with Crippen molar-refractivity contribution < 1.29 is 23.9 Å². The van der Waals surface area contributed by atoms with E-state index in [1.165, 1.54) is 0 Å². The molecule has 148 valence electrons. The van der Waals surface area contributed by atoms with Gasteiger partial charge in [0.2, 0.25) is 0 Å². The van der Waals surface area contributed by atoms with E-state index in [0.29, 0.717) is 30.8 Å². The van der Waals surface area contributed by atoms with Crippen molar-refractivity contribution in [3.05, 3.63) is 60.2 Å². The first-order valence-electron chi connectivity index (χ1n) is 9.10. The Bertz CT molecular complexity index is 792. The Hall–Kier alpha value is -3.35. The van der Waals surface area contributed by atoms with Crippen molar-refractivity contribution in [3.63, 3.8) is 0 Å². The van der Waals surface area contributed by atoms with Crippen molar-refractivity contribution in [1.82, 2.24) is 5.32 Å². The van der Waals surface area contributed by atoms with Gasteiger partial charge in [-0.1, -0.05) is 24.3 Å². The molecule has 0 fully saturated rings. The average molecular weight is 384 g/mol. The van der Waals surface area contributed by atoms with Gasteiger partial charge in [0, 0.05) is 24.2 Å². The van der Waals surface area contributed by atoms with Gasteiger partial charge >= 0.3 is 5.97 Å². The van der Waals surface area contributed by atoms with Crippen molar-refractivity contribution >= 4 is 23.5 Å². The summed E-state index contributed by atoms with van der Waals surface area (Å²) in [7, 11) is 0. The molecule has 2 aromatic rings. The van der Waals surface area contributed by atoms with Crippen LogP contribution in [0.5, 0.6) is 5.75 Å². The highest BCUT2D eigenvalue weighted by Crippen LogP contribution is 2.11. The number of rotatable bonds is 10. The summed E-state index contributed by atoms with van der Waals surface area (Å²) in [5.41, 5.74) is 0.899. The molecule has 2 N–H and O–H groups in total. The fraction of sp³-hybridized carbons (Fsp3) is 0.286. The standard InChI is InChI=1S/C21H24N2O5/c1-2-22-21(26)16-8-6-9-17(14-16)23-19(24)15-28-20(25)12-7-13-27-18-10-4-3-5-11-18/h3-6,8-11,14H,2,7,12-13,15H2,1H3,(H,22,26)(H,23,24). The molecular weight excluding hydrogens is 360 g/mol. The van der Waals surface area contributed by atoms with Crippen LogP contribution < -0.4 is 15.4 Å². The van der Waals surface area contributed by atoms with Crippen LogP contribution in [0.1, 0.15) is 30.1 Å². The van der Waals surface area contributed by atoms with Crippen LogP contribution in [0.15, 0.2) is 54.6 Å². The third-order valence-corrected chi connectivity index (χ3v) is 3.65. The number of hydrogen-bond donors (Lipinski definition) is 2. The van der Waals surface area contributed by atoms with Crippen molar-refractivity contribution in [1.29, 1.82) is 0 Å². The van der Waals surface area contributed by atoms with Gasteiger partial charge in [0.15, 0.2) is 6.61 Å². The Morgan fingerprint density at radius 3 is 2.54 bits per heavy atom. The quantitative estimate of drug-likeness (QED) is 0.485. The highest BCUT2D eigenvalue weighted by Gasteiger charge is 2.10. The van der Waals surface area contributed by atoms with E-state index < -0.39 is 11.9 Å². The molecule has 0 radical (unpaired) electrons. The fourth-order valence-electron chi connectivity index (χ4n) is 2.34. The zero-order valence-corrected chi connectivity index (χ0v) is 15.8. The van der Waals surface area contributed by atoms with Crippen LogP contribution in [0.4, 0.5) is 5.69 Å². The summed E-state index contributed by atoms with van der Waals surface area (Å²) in [6.45, 7) is 2.34. The zero-order chi connectivity index (χ0) is 20.2. The number of ether oxygens (including phenoxy) is 2. The molecule has 0 aliphatic heterocycles. The predicted octanol–water partition coefficient (Wildman–Crippen LogP) is 2.78. The van der Waals surface area contributed by atoms with Crippen LogP contribution in [0, 0.1) is 0 Å². The normalized spacial score (nSPS) is 10.0. The SMILES string of the molecule is CCNC(=O)c1cccc(NC(=O)COC(=O)CCCOc2ccccc2)c1. The van der Waals surface area contributed by atoms with E-state index in [4.69, 9.17) is 9.47 Å². The second-order valence-corrected chi connectivity index (χ2v) is 5.91. The molecule has 28 heavy (non-hydrogen) atoms. The van der Waals surface area contributed by atoms with Crippen molar-refractivity contribution in [2.24, 2.45) is 0 Å². The number of esters is 1. The van der Waals surface area contributed by atoms with Crippen LogP contribution in [0.3, 0.4) is 0 Å². The molecule has 7 heteroatoms. The topological polar surface area (TPSA) is 93.7 Å². The van der Waals surface area contributed by atoms with Gasteiger partial charge in [-0.25, -0.2) is 0 Å². The van der Waals surface area contributed by atoms with Crippen molar-refractivity contribution in [2.45, 2.75) is 19.8 Å². The Morgan fingerprint density at radius 1 is 1.00 bits per heavy atom. The molecule has 7 nitrogen and oxygen atoms in total. The number of hydrogen-bond acceptors (Lipinski definition) is 5. The lowest BCUT2D eigenvalue weighted by atomic mass is 10.2. The molecule has 0 aliphatic carbocycles. The van der Waals surface area contributed by atoms with Gasteiger partial charge in [-0.05, 0) is 43.7 Å². The highest BCUT2D eigenvalue weighted by molar-refractivity contribution is 5.97. The summed E-state index contributed by atoms with van der Waals surface area (Å²) in [6.07, 6.45) is 0.650. The predicted molar refractivity (Wildman–Crippen MR) is 105 cm³/mol. The Labute approximate surface area is 164 Å². The third-order valence-electron chi connectivity index (χ3n) is 3.65. The molecule has 2 aromatic carbocycles. The molecule has 0 spiro atoms. The summed E-state index contributed by atoms with van der Waals surface area (Å²) >= 11 is 0. The lowest BCUT2D eigenvalue weighted by molar-refractivity contribution is -0.147. The van der Waals surface area contributed by atoms with Gasteiger partial charge in [0.1, 0.15) is 5.75 Å². The number of anilines is 1. The minimum Gasteiger partial charge on any atom is -0.494 e. The van der Waals surface area contributed by atoms with Gasteiger partial charge < -0.3 is 20.1 Å². The van der Waals surface area contributed by atoms with Crippen molar-refractivity contribution in [2.75, 3.05) is 25.1 Å². The lowest BCUT2D eigenvalue weighted by Crippen LogP contribution is -2.23. The first-order valence-corrected chi connectivity index (χ1v) is 9.10. The van der Waals surface area contributed by atoms with Crippen LogP contribution in [-0.2, 0) is 14.3 Å². The Kier molecular flexibility index (Phi) is 8.52. The molecular formula is C21H24N2O5. The molecule has 2 rings (SSSR count). The molecule has 0 aromatic heterocycles. The lowest BCUT2D eigenvalue weighted by Gasteiger charge is -2.09. The maximum atomic E-state index is 11.9. The zero-order valence-electron chi connectivity index (χ0n) is 15.8. The molecule has 0 heterocycles. The van der Waals surface area contributed by atoms with E-state index in [1.807, 2.05) is 37.3 Å². The first kappa shape index (κ1) is 21.0. The number of carbonyl (C=O) groups is 3. The maximum Gasteiger partial charge on any atom is 0.306 e. The number of nitrogens with one attached hydrogen (secondary N) is 2. The van der Waals surface area contributed by atoms with E-state index in [2.05, 4.69) is 10.6 Å². The summed E-state index contributed by atoms with van der Waals surface area (Å²) in [4.78, 5) is 35.5. The molecule has 0 aliphatic rings. The number of para-hydroxylation sites is 1. The largest absolute Gasteiger partial charge is 0.494 e. The van der Waals surface area contributed by atoms with Crippen molar-refractivity contribution in [3.8, 4) is 5.75 Å². The summed E-state index contributed by atoms with van der Waals surface area (Å²) in [6, 6.07) is 15.8. The molecule has 0 unspecified atom stereocenters. The average Bonchev–Trinajstić information content (AvgIpc) is 2.71. The highest BCUT2D eigenvalue weighted by atomic mass is 16.5. The van der Waals surface area contributed by atoms with Crippen LogP contribution in [-0.4, -0.2) is 37.5 Å². The first-order chi connectivity index (χ1) is 13.6. The van der Waals surface area contributed by atoms with E-state index >= 15 is 0 Å². The smallest absolute Gasteiger partial charge is 0.306 e. The molecule has 0 saturated carbocycles. The summed E-state index contributed by atoms with van der Waals surface area (Å²) in [5, 5.41) is 5.29. The van der Waals surface area contributed by atoms with Crippen LogP contribution >= 0.6 is 0 Å². The van der Waals surface area contributed by atoms with E-state index in [0.717, 1.165) is 5.75 Å². The van der Waals surface area contributed by atoms with E-state index in [9.17, 15) is 14.4 Å². The molecule has 0 atom stereocenters. The molecule has 2 amide bonds. The van der Waals surface area contributed by atoms with E-state index in [-0.39, 0.29) is 18.9 Å². The van der Waals surface area contributed by atoms with Gasteiger partial charge in [-0.3, -0.25) is 14.4 Å². The molecule has 0 bridgehead atoms. The third kappa shape index (κ3) is 7.49. The fourth-order valence-corrected chi connectivity index (χ4v) is 2.34. The second-order valence-electron chi connectivity index (χ2n) is 5.91.